The van der Waals surface area contributed by atoms with Crippen LogP contribution in [0.2, 0.25) is 0 Å². The molecule has 0 unspecified atom stereocenters. The third-order valence-corrected chi connectivity index (χ3v) is 5.88. The highest BCUT2D eigenvalue weighted by Gasteiger charge is 2.41. The number of carbonyl (C=O) groups excluding carboxylic acids is 1. The van der Waals surface area contributed by atoms with Crippen LogP contribution in [0.25, 0.3) is 0 Å². The Labute approximate surface area is 170 Å². The minimum Gasteiger partial charge on any atom is -0.393 e. The van der Waals surface area contributed by atoms with Gasteiger partial charge in [-0.25, -0.2) is 4.39 Å². The van der Waals surface area contributed by atoms with Gasteiger partial charge in [-0.2, -0.15) is 13.2 Å². The average Bonchev–Trinajstić information content (AvgIpc) is 2.67. The first-order chi connectivity index (χ1) is 14.1. The maximum atomic E-state index is 13.5. The van der Waals surface area contributed by atoms with Crippen LogP contribution in [0.4, 0.5) is 34.6 Å². The summed E-state index contributed by atoms with van der Waals surface area (Å²) in [5.74, 6) is -1.98. The van der Waals surface area contributed by atoms with Gasteiger partial charge in [0, 0.05) is 25.2 Å². The van der Waals surface area contributed by atoms with E-state index in [2.05, 4.69) is 5.32 Å². The molecule has 1 aliphatic heterocycles. The Kier molecular flexibility index (Phi) is 6.37. The number of hydrogen-bond donors (Lipinski definition) is 2. The molecule has 0 atom stereocenters. The number of anilines is 2. The molecule has 1 heterocycles. The molecule has 0 radical (unpaired) electrons. The van der Waals surface area contributed by atoms with E-state index in [1.54, 1.807) is 4.90 Å². The molecular weight excluding hydrogens is 408 g/mol. The number of nitrogens with one attached hydrogen (secondary N) is 1. The van der Waals surface area contributed by atoms with Gasteiger partial charge in [-0.1, -0.05) is 0 Å². The van der Waals surface area contributed by atoms with E-state index in [9.17, 15) is 32.5 Å². The van der Waals surface area contributed by atoms with Crippen molar-refractivity contribution in [3.8, 4) is 0 Å². The molecule has 30 heavy (non-hydrogen) atoms. The molecule has 11 heteroatoms. The zero-order chi connectivity index (χ0) is 22.1. The van der Waals surface area contributed by atoms with Gasteiger partial charge in [0.1, 0.15) is 11.9 Å². The fraction of sp³-hybridized carbons (Fsp3) is 0.632. The lowest BCUT2D eigenvalue weighted by Crippen LogP contribution is -2.41. The summed E-state index contributed by atoms with van der Waals surface area (Å²) in [6.45, 7) is 0.658. The van der Waals surface area contributed by atoms with Crippen molar-refractivity contribution in [3.63, 3.8) is 0 Å². The molecule has 166 valence electrons. The number of piperidine rings is 1. The molecule has 2 fully saturated rings. The Hall–Kier alpha value is -2.59. The summed E-state index contributed by atoms with van der Waals surface area (Å²) in [5.41, 5.74) is 5.63. The molecule has 0 aromatic heterocycles. The number of rotatable bonds is 4. The number of nitro benzene ring substituents is 1. The number of nitrogen functional groups attached to an aromatic ring is 1. The van der Waals surface area contributed by atoms with Crippen molar-refractivity contribution in [3.05, 3.63) is 27.8 Å². The van der Waals surface area contributed by atoms with E-state index in [4.69, 9.17) is 5.73 Å². The van der Waals surface area contributed by atoms with Crippen molar-refractivity contribution in [2.45, 2.75) is 56.9 Å². The van der Waals surface area contributed by atoms with Crippen LogP contribution in [-0.4, -0.2) is 42.3 Å². The van der Waals surface area contributed by atoms with Crippen molar-refractivity contribution in [1.82, 2.24) is 5.32 Å². The van der Waals surface area contributed by atoms with Crippen LogP contribution < -0.4 is 16.0 Å². The highest BCUT2D eigenvalue weighted by molar-refractivity contribution is 6.02. The number of nitrogens with two attached hydrogens (primary N) is 1. The Bertz CT molecular complexity index is 802. The van der Waals surface area contributed by atoms with Crippen molar-refractivity contribution >= 4 is 23.0 Å². The van der Waals surface area contributed by atoms with Gasteiger partial charge in [-0.3, -0.25) is 14.9 Å². The molecule has 1 aliphatic carbocycles. The number of amides is 1. The van der Waals surface area contributed by atoms with Crippen LogP contribution in [-0.2, 0) is 0 Å². The van der Waals surface area contributed by atoms with Gasteiger partial charge in [0.2, 0.25) is 0 Å². The lowest BCUT2D eigenvalue weighted by molar-refractivity contribution is -0.383. The second-order valence-electron chi connectivity index (χ2n) is 7.91. The highest BCUT2D eigenvalue weighted by atomic mass is 19.4. The standard InChI is InChI=1S/C19H24F4N4O3/c20-12-5-7-26(8-6-12)16-10-15(24)17(27(29)30)9-14(16)18(28)25-13-3-1-11(2-4-13)19(21,22)23/h9-13H,1-8,24H2,(H,25,28). The summed E-state index contributed by atoms with van der Waals surface area (Å²) in [4.78, 5) is 25.2. The van der Waals surface area contributed by atoms with Gasteiger partial charge >= 0.3 is 6.18 Å². The first-order valence-corrected chi connectivity index (χ1v) is 9.90. The summed E-state index contributed by atoms with van der Waals surface area (Å²) in [6.07, 6.45) is -4.47. The predicted molar refractivity (Wildman–Crippen MR) is 103 cm³/mol. The van der Waals surface area contributed by atoms with Gasteiger partial charge in [-0.15, -0.1) is 0 Å². The summed E-state index contributed by atoms with van der Waals surface area (Å²) in [5, 5.41) is 14.0. The Morgan fingerprint density at radius 1 is 1.13 bits per heavy atom. The molecule has 1 saturated heterocycles. The molecular formula is C19H24F4N4O3. The largest absolute Gasteiger partial charge is 0.393 e. The maximum absolute atomic E-state index is 13.5. The molecule has 0 spiro atoms. The number of hydrogen-bond acceptors (Lipinski definition) is 5. The number of alkyl halides is 4. The molecule has 1 aromatic carbocycles. The average molecular weight is 432 g/mol. The quantitative estimate of drug-likeness (QED) is 0.325. The van der Waals surface area contributed by atoms with Gasteiger partial charge < -0.3 is 16.0 Å². The molecule has 0 bridgehead atoms. The van der Waals surface area contributed by atoms with E-state index in [1.165, 1.54) is 6.07 Å². The topological polar surface area (TPSA) is 102 Å². The summed E-state index contributed by atoms with van der Waals surface area (Å²) in [6, 6.07) is 1.98. The number of nitro groups is 1. The molecule has 1 aromatic rings. The first kappa shape index (κ1) is 22.1. The van der Waals surface area contributed by atoms with Gasteiger partial charge in [-0.05, 0) is 44.6 Å². The lowest BCUT2D eigenvalue weighted by Gasteiger charge is -2.33. The lowest BCUT2D eigenvalue weighted by atomic mass is 9.85. The molecule has 3 rings (SSSR count). The van der Waals surface area contributed by atoms with Crippen LogP contribution in [0.5, 0.6) is 0 Å². The van der Waals surface area contributed by atoms with Crippen molar-refractivity contribution < 1.29 is 27.3 Å². The smallest absolute Gasteiger partial charge is 0.391 e. The van der Waals surface area contributed by atoms with E-state index in [1.807, 2.05) is 0 Å². The molecule has 1 saturated carbocycles. The zero-order valence-electron chi connectivity index (χ0n) is 16.3. The summed E-state index contributed by atoms with van der Waals surface area (Å²) < 4.78 is 52.0. The van der Waals surface area contributed by atoms with Crippen LogP contribution in [0, 0.1) is 16.0 Å². The molecule has 7 nitrogen and oxygen atoms in total. The van der Waals surface area contributed by atoms with Gasteiger partial charge in [0.15, 0.2) is 0 Å². The van der Waals surface area contributed by atoms with Crippen LogP contribution in [0.3, 0.4) is 0 Å². The van der Waals surface area contributed by atoms with E-state index in [0.29, 0.717) is 18.8 Å². The third kappa shape index (κ3) is 4.93. The Morgan fingerprint density at radius 3 is 2.27 bits per heavy atom. The van der Waals surface area contributed by atoms with Crippen LogP contribution in [0.15, 0.2) is 12.1 Å². The number of carbonyl (C=O) groups is 1. The Balaban J connectivity index is 1.80. The number of halogens is 4. The Morgan fingerprint density at radius 2 is 1.73 bits per heavy atom. The minimum absolute atomic E-state index is 0.0196. The number of benzene rings is 1. The fourth-order valence-electron chi connectivity index (χ4n) is 4.11. The minimum atomic E-state index is -4.25. The second kappa shape index (κ2) is 8.65. The van der Waals surface area contributed by atoms with Crippen LogP contribution >= 0.6 is 0 Å². The van der Waals surface area contributed by atoms with E-state index >= 15 is 0 Å². The SMILES string of the molecule is Nc1cc(N2CCC(F)CC2)c(C(=O)NC2CCC(C(F)(F)F)CC2)cc1[N+](=O)[O-]. The van der Waals surface area contributed by atoms with E-state index in [-0.39, 0.29) is 49.8 Å². The van der Waals surface area contributed by atoms with Crippen molar-refractivity contribution in [1.29, 1.82) is 0 Å². The zero-order valence-corrected chi connectivity index (χ0v) is 16.3. The number of nitrogens with zero attached hydrogens (tertiary/aromatic N) is 2. The summed E-state index contributed by atoms with van der Waals surface area (Å²) in [7, 11) is 0. The maximum Gasteiger partial charge on any atom is 0.391 e. The monoisotopic (exact) mass is 432 g/mol. The van der Waals surface area contributed by atoms with Crippen molar-refractivity contribution in [2.24, 2.45) is 5.92 Å². The van der Waals surface area contributed by atoms with Crippen LogP contribution in [0.1, 0.15) is 48.9 Å². The first-order valence-electron chi connectivity index (χ1n) is 9.90. The normalized spacial score (nSPS) is 23.3. The highest BCUT2D eigenvalue weighted by Crippen LogP contribution is 2.38. The summed E-state index contributed by atoms with van der Waals surface area (Å²) >= 11 is 0. The molecule has 2 aliphatic rings. The third-order valence-electron chi connectivity index (χ3n) is 5.88. The van der Waals surface area contributed by atoms with Gasteiger partial charge in [0.05, 0.1) is 22.1 Å². The van der Waals surface area contributed by atoms with E-state index < -0.39 is 40.8 Å². The van der Waals surface area contributed by atoms with E-state index in [0.717, 1.165) is 6.07 Å². The second-order valence-corrected chi connectivity index (χ2v) is 7.91. The van der Waals surface area contributed by atoms with Gasteiger partial charge in [0.25, 0.3) is 11.6 Å². The predicted octanol–water partition coefficient (Wildman–Crippen LogP) is 3.97. The molecule has 1 amide bonds. The fourth-order valence-corrected chi connectivity index (χ4v) is 4.11. The van der Waals surface area contributed by atoms with Crippen molar-refractivity contribution in [2.75, 3.05) is 23.7 Å². The molecule has 3 N–H and O–H groups in total.